The van der Waals surface area contributed by atoms with E-state index >= 15 is 0 Å². The van der Waals surface area contributed by atoms with Crippen molar-refractivity contribution < 1.29 is 9.53 Å². The topological polar surface area (TPSA) is 74.0 Å². The van der Waals surface area contributed by atoms with Gasteiger partial charge in [-0.3, -0.25) is 14.2 Å². The van der Waals surface area contributed by atoms with Crippen LogP contribution in [0.25, 0.3) is 6.08 Å². The number of benzene rings is 2. The minimum atomic E-state index is -0.209. The Kier molecular flexibility index (Phi) is 7.22. The highest BCUT2D eigenvalue weighted by Crippen LogP contribution is 2.19. The molecule has 2 heterocycles. The first kappa shape index (κ1) is 23.0. The molecular formula is C27H29N5O2. The van der Waals surface area contributed by atoms with Gasteiger partial charge in [-0.05, 0) is 50.6 Å². The molecule has 0 aliphatic carbocycles. The second-order valence-electron chi connectivity index (χ2n) is 8.20. The molecule has 0 aliphatic heterocycles. The lowest BCUT2D eigenvalue weighted by molar-refractivity contribution is -0.111. The first-order chi connectivity index (χ1) is 16.5. The molecule has 0 saturated heterocycles. The number of carbonyl (C=O) groups is 1. The molecule has 0 unspecified atom stereocenters. The minimum absolute atomic E-state index is 0.209. The van der Waals surface area contributed by atoms with Crippen LogP contribution in [-0.2, 0) is 17.9 Å². The van der Waals surface area contributed by atoms with Crippen LogP contribution in [0.2, 0.25) is 0 Å². The Hall–Kier alpha value is -4.13. The van der Waals surface area contributed by atoms with E-state index in [2.05, 4.69) is 46.7 Å². The molecule has 0 atom stereocenters. The van der Waals surface area contributed by atoms with Crippen molar-refractivity contribution in [2.24, 2.45) is 0 Å². The maximum atomic E-state index is 12.5. The van der Waals surface area contributed by atoms with Crippen molar-refractivity contribution in [1.82, 2.24) is 19.6 Å². The summed E-state index contributed by atoms with van der Waals surface area (Å²) in [4.78, 5) is 12.5. The molecule has 0 radical (unpaired) electrons. The van der Waals surface area contributed by atoms with Crippen molar-refractivity contribution in [2.75, 3.05) is 11.9 Å². The standard InChI is InChI=1S/C27H29N5O2/c1-20-8-10-23(11-9-20)19-32-22(3)26(21(2)30-32)12-13-27(33)29-24-6-4-7-25(18-24)34-17-16-31-15-5-14-28-31/h4-15,18H,16-17,19H2,1-3H3,(H,29,33)/b13-12+. The predicted molar refractivity (Wildman–Crippen MR) is 134 cm³/mol. The van der Waals surface area contributed by atoms with Gasteiger partial charge >= 0.3 is 0 Å². The summed E-state index contributed by atoms with van der Waals surface area (Å²) in [5.41, 5.74) is 5.97. The number of ether oxygens (including phenoxy) is 1. The van der Waals surface area contributed by atoms with Gasteiger partial charge in [-0.15, -0.1) is 0 Å². The van der Waals surface area contributed by atoms with E-state index in [-0.39, 0.29) is 5.91 Å². The third-order valence-electron chi connectivity index (χ3n) is 5.54. The summed E-state index contributed by atoms with van der Waals surface area (Å²) in [5, 5.41) is 11.7. The van der Waals surface area contributed by atoms with Crippen molar-refractivity contribution in [1.29, 1.82) is 0 Å². The highest BCUT2D eigenvalue weighted by Gasteiger charge is 2.10. The van der Waals surface area contributed by atoms with Gasteiger partial charge in [0, 0.05) is 41.5 Å². The van der Waals surface area contributed by atoms with Crippen molar-refractivity contribution in [3.05, 3.63) is 101 Å². The third kappa shape index (κ3) is 6.01. The van der Waals surface area contributed by atoms with Gasteiger partial charge in [0.15, 0.2) is 0 Å². The molecule has 0 fully saturated rings. The van der Waals surface area contributed by atoms with E-state index in [1.807, 2.05) is 65.8 Å². The Balaban J connectivity index is 1.35. The van der Waals surface area contributed by atoms with Gasteiger partial charge in [0.25, 0.3) is 0 Å². The molecule has 1 N–H and O–H groups in total. The van der Waals surface area contributed by atoms with Crippen LogP contribution in [0.15, 0.2) is 73.1 Å². The summed E-state index contributed by atoms with van der Waals surface area (Å²) in [6.45, 7) is 7.90. The van der Waals surface area contributed by atoms with Crippen molar-refractivity contribution in [2.45, 2.75) is 33.9 Å². The fraction of sp³-hybridized carbons (Fsp3) is 0.222. The van der Waals surface area contributed by atoms with Gasteiger partial charge in [-0.2, -0.15) is 10.2 Å². The van der Waals surface area contributed by atoms with Gasteiger partial charge in [0.05, 0.1) is 18.8 Å². The molecule has 7 nitrogen and oxygen atoms in total. The van der Waals surface area contributed by atoms with Crippen LogP contribution in [0.5, 0.6) is 5.75 Å². The zero-order chi connectivity index (χ0) is 23.9. The Bertz CT molecular complexity index is 1270. The van der Waals surface area contributed by atoms with E-state index in [4.69, 9.17) is 4.74 Å². The van der Waals surface area contributed by atoms with E-state index < -0.39 is 0 Å². The lowest BCUT2D eigenvalue weighted by Gasteiger charge is -2.08. The van der Waals surface area contributed by atoms with Gasteiger partial charge in [0.2, 0.25) is 5.91 Å². The van der Waals surface area contributed by atoms with Crippen LogP contribution in [-0.4, -0.2) is 32.1 Å². The molecule has 0 bridgehead atoms. The maximum absolute atomic E-state index is 12.5. The van der Waals surface area contributed by atoms with E-state index in [1.165, 1.54) is 11.1 Å². The first-order valence-electron chi connectivity index (χ1n) is 11.3. The molecule has 0 spiro atoms. The molecule has 0 saturated carbocycles. The Morgan fingerprint density at radius 2 is 1.91 bits per heavy atom. The maximum Gasteiger partial charge on any atom is 0.248 e. The van der Waals surface area contributed by atoms with Gasteiger partial charge in [-0.1, -0.05) is 35.9 Å². The van der Waals surface area contributed by atoms with E-state index in [0.29, 0.717) is 31.1 Å². The number of amides is 1. The average molecular weight is 456 g/mol. The quantitative estimate of drug-likeness (QED) is 0.369. The smallest absolute Gasteiger partial charge is 0.248 e. The van der Waals surface area contributed by atoms with Crippen LogP contribution >= 0.6 is 0 Å². The molecule has 0 aliphatic rings. The predicted octanol–water partition coefficient (Wildman–Crippen LogP) is 4.78. The second kappa shape index (κ2) is 10.7. The number of aromatic nitrogens is 4. The zero-order valence-corrected chi connectivity index (χ0v) is 19.7. The molecule has 34 heavy (non-hydrogen) atoms. The summed E-state index contributed by atoms with van der Waals surface area (Å²) in [6.07, 6.45) is 6.99. The van der Waals surface area contributed by atoms with E-state index in [1.54, 1.807) is 12.3 Å². The molecular weight excluding hydrogens is 426 g/mol. The highest BCUT2D eigenvalue weighted by molar-refractivity contribution is 6.02. The lowest BCUT2D eigenvalue weighted by atomic mass is 10.1. The minimum Gasteiger partial charge on any atom is -0.492 e. The Labute approximate surface area is 199 Å². The molecule has 4 rings (SSSR count). The largest absolute Gasteiger partial charge is 0.492 e. The number of anilines is 1. The van der Waals surface area contributed by atoms with Gasteiger partial charge in [-0.25, -0.2) is 0 Å². The normalized spacial score (nSPS) is 11.1. The molecule has 7 heteroatoms. The number of hydrogen-bond donors (Lipinski definition) is 1. The van der Waals surface area contributed by atoms with Crippen LogP contribution in [0, 0.1) is 20.8 Å². The third-order valence-corrected chi connectivity index (χ3v) is 5.54. The number of aryl methyl sites for hydroxylation is 2. The number of nitrogens with one attached hydrogen (secondary N) is 1. The molecule has 2 aromatic heterocycles. The number of carbonyl (C=O) groups excluding carboxylic acids is 1. The Morgan fingerprint density at radius 3 is 2.68 bits per heavy atom. The van der Waals surface area contributed by atoms with Crippen molar-refractivity contribution >= 4 is 17.7 Å². The first-order valence-corrected chi connectivity index (χ1v) is 11.3. The van der Waals surface area contributed by atoms with Gasteiger partial charge in [0.1, 0.15) is 12.4 Å². The Morgan fingerprint density at radius 1 is 1.09 bits per heavy atom. The summed E-state index contributed by atoms with van der Waals surface area (Å²) >= 11 is 0. The van der Waals surface area contributed by atoms with Crippen molar-refractivity contribution in [3.63, 3.8) is 0 Å². The fourth-order valence-corrected chi connectivity index (χ4v) is 3.67. The monoisotopic (exact) mass is 455 g/mol. The van der Waals surface area contributed by atoms with Crippen molar-refractivity contribution in [3.8, 4) is 5.75 Å². The average Bonchev–Trinajstić information content (AvgIpc) is 3.42. The van der Waals surface area contributed by atoms with E-state index in [9.17, 15) is 4.79 Å². The summed E-state index contributed by atoms with van der Waals surface area (Å²) in [6, 6.07) is 17.7. The van der Waals surface area contributed by atoms with Crippen LogP contribution in [0.3, 0.4) is 0 Å². The molecule has 174 valence electrons. The van der Waals surface area contributed by atoms with Crippen LogP contribution in [0.1, 0.15) is 28.1 Å². The summed E-state index contributed by atoms with van der Waals surface area (Å²) in [5.74, 6) is 0.483. The lowest BCUT2D eigenvalue weighted by Crippen LogP contribution is -2.10. The molecule has 4 aromatic rings. The number of rotatable bonds is 9. The second-order valence-corrected chi connectivity index (χ2v) is 8.20. The SMILES string of the molecule is Cc1ccc(Cn2nc(C)c(/C=C/C(=O)Nc3cccc(OCCn4cccn4)c3)c2C)cc1. The van der Waals surface area contributed by atoms with Crippen LogP contribution < -0.4 is 10.1 Å². The van der Waals surface area contributed by atoms with Gasteiger partial charge < -0.3 is 10.1 Å². The highest BCUT2D eigenvalue weighted by atomic mass is 16.5. The summed E-state index contributed by atoms with van der Waals surface area (Å²) in [7, 11) is 0. The van der Waals surface area contributed by atoms with Crippen LogP contribution in [0.4, 0.5) is 5.69 Å². The zero-order valence-electron chi connectivity index (χ0n) is 19.7. The fourth-order valence-electron chi connectivity index (χ4n) is 3.67. The molecule has 1 amide bonds. The number of hydrogen-bond acceptors (Lipinski definition) is 4. The summed E-state index contributed by atoms with van der Waals surface area (Å²) < 4.78 is 9.56. The number of nitrogens with zero attached hydrogens (tertiary/aromatic N) is 4. The molecule has 2 aromatic carbocycles. The van der Waals surface area contributed by atoms with E-state index in [0.717, 1.165) is 17.0 Å².